The zero-order valence-electron chi connectivity index (χ0n) is 11.2. The van der Waals surface area contributed by atoms with Crippen LogP contribution in [-0.4, -0.2) is 33.8 Å². The molecule has 2 aromatic rings. The van der Waals surface area contributed by atoms with Gasteiger partial charge in [-0.25, -0.2) is 14.3 Å². The second kappa shape index (κ2) is 6.17. The van der Waals surface area contributed by atoms with Crippen LogP contribution in [0.25, 0.3) is 5.65 Å². The maximum atomic E-state index is 11.1. The second-order valence-corrected chi connectivity index (χ2v) is 4.24. The number of nitrogens with one attached hydrogen (secondary N) is 1. The van der Waals surface area contributed by atoms with Crippen LogP contribution in [0, 0.1) is 6.92 Å². The maximum Gasteiger partial charge on any atom is 0.407 e. The molecule has 0 saturated heterocycles. The molecule has 0 bridgehead atoms. The van der Waals surface area contributed by atoms with Gasteiger partial charge < -0.3 is 10.1 Å². The van der Waals surface area contributed by atoms with E-state index in [9.17, 15) is 4.79 Å². The quantitative estimate of drug-likeness (QED) is 0.833. The van der Waals surface area contributed by atoms with Gasteiger partial charge in [-0.05, 0) is 32.3 Å². The van der Waals surface area contributed by atoms with Gasteiger partial charge >= 0.3 is 6.09 Å². The Morgan fingerprint density at radius 3 is 3.16 bits per heavy atom. The molecule has 0 spiro atoms. The van der Waals surface area contributed by atoms with Crippen molar-refractivity contribution in [2.75, 3.05) is 13.2 Å². The van der Waals surface area contributed by atoms with E-state index in [0.717, 1.165) is 29.7 Å². The molecule has 0 unspecified atom stereocenters. The molecule has 0 saturated carbocycles. The summed E-state index contributed by atoms with van der Waals surface area (Å²) in [7, 11) is 0. The predicted molar refractivity (Wildman–Crippen MR) is 71.1 cm³/mol. The van der Waals surface area contributed by atoms with Gasteiger partial charge in [0.05, 0.1) is 12.8 Å². The molecule has 0 fully saturated rings. The molecule has 2 aromatic heterocycles. The molecule has 1 amide bonds. The summed E-state index contributed by atoms with van der Waals surface area (Å²) in [6.45, 7) is 4.76. The fraction of sp³-hybridized carbons (Fsp3) is 0.462. The van der Waals surface area contributed by atoms with Gasteiger partial charge in [-0.15, -0.1) is 0 Å². The van der Waals surface area contributed by atoms with Crippen LogP contribution in [-0.2, 0) is 11.2 Å². The second-order valence-electron chi connectivity index (χ2n) is 4.24. The number of carbonyl (C=O) groups excluding carboxylic acids is 1. The number of aromatic nitrogens is 3. The molecular formula is C13H18N4O2. The summed E-state index contributed by atoms with van der Waals surface area (Å²) >= 11 is 0. The van der Waals surface area contributed by atoms with Gasteiger partial charge in [0.25, 0.3) is 0 Å². The Hall–Kier alpha value is -2.11. The first kappa shape index (κ1) is 13.3. The van der Waals surface area contributed by atoms with Crippen molar-refractivity contribution in [1.82, 2.24) is 19.9 Å². The van der Waals surface area contributed by atoms with E-state index in [0.29, 0.717) is 13.2 Å². The Morgan fingerprint density at radius 2 is 2.37 bits per heavy atom. The molecule has 0 radical (unpaired) electrons. The molecule has 102 valence electrons. The normalized spacial score (nSPS) is 10.6. The number of ether oxygens (including phenoxy) is 1. The summed E-state index contributed by atoms with van der Waals surface area (Å²) in [4.78, 5) is 15.6. The minimum Gasteiger partial charge on any atom is -0.450 e. The van der Waals surface area contributed by atoms with E-state index < -0.39 is 0 Å². The number of hydrogen-bond donors (Lipinski definition) is 1. The Kier molecular flexibility index (Phi) is 4.33. The van der Waals surface area contributed by atoms with Gasteiger partial charge in [-0.1, -0.05) is 0 Å². The molecule has 6 heteroatoms. The molecule has 0 aromatic carbocycles. The number of aryl methyl sites for hydroxylation is 2. The topological polar surface area (TPSA) is 68.5 Å². The zero-order valence-corrected chi connectivity index (χ0v) is 11.2. The van der Waals surface area contributed by atoms with Gasteiger partial charge in [0.2, 0.25) is 0 Å². The number of fused-ring (bicyclic) bond motifs is 1. The molecule has 6 nitrogen and oxygen atoms in total. The minimum absolute atomic E-state index is 0.361. The largest absolute Gasteiger partial charge is 0.450 e. The Labute approximate surface area is 111 Å². The monoisotopic (exact) mass is 262 g/mol. The number of nitrogens with zero attached hydrogens (tertiary/aromatic N) is 3. The van der Waals surface area contributed by atoms with Crippen molar-refractivity contribution < 1.29 is 9.53 Å². The number of amides is 1. The van der Waals surface area contributed by atoms with Crippen LogP contribution in [0.2, 0.25) is 0 Å². The van der Waals surface area contributed by atoms with Gasteiger partial charge in [0.15, 0.2) is 5.65 Å². The third-order valence-electron chi connectivity index (χ3n) is 2.84. The van der Waals surface area contributed by atoms with Crippen LogP contribution in [0.15, 0.2) is 18.5 Å². The van der Waals surface area contributed by atoms with Crippen LogP contribution in [0.4, 0.5) is 4.79 Å². The molecule has 2 heterocycles. The van der Waals surface area contributed by atoms with Crippen LogP contribution in [0.1, 0.15) is 24.6 Å². The predicted octanol–water partition coefficient (Wildman–Crippen LogP) is 1.72. The van der Waals surface area contributed by atoms with Crippen molar-refractivity contribution in [2.45, 2.75) is 26.7 Å². The van der Waals surface area contributed by atoms with E-state index in [1.54, 1.807) is 17.6 Å². The highest BCUT2D eigenvalue weighted by Gasteiger charge is 2.04. The number of rotatable bonds is 5. The molecule has 0 aliphatic rings. The van der Waals surface area contributed by atoms with E-state index in [2.05, 4.69) is 15.4 Å². The van der Waals surface area contributed by atoms with Crippen LogP contribution < -0.4 is 5.32 Å². The third-order valence-corrected chi connectivity index (χ3v) is 2.84. The van der Waals surface area contributed by atoms with E-state index >= 15 is 0 Å². The first-order valence-electron chi connectivity index (χ1n) is 6.41. The summed E-state index contributed by atoms with van der Waals surface area (Å²) in [5.74, 6) is 0. The summed E-state index contributed by atoms with van der Waals surface area (Å²) in [6, 6.07) is 1.87. The average molecular weight is 262 g/mol. The lowest BCUT2D eigenvalue weighted by Gasteiger charge is -2.07. The summed E-state index contributed by atoms with van der Waals surface area (Å²) in [5.41, 5.74) is 3.00. The lowest BCUT2D eigenvalue weighted by molar-refractivity contribution is 0.152. The first-order chi connectivity index (χ1) is 9.20. The van der Waals surface area contributed by atoms with Crippen LogP contribution >= 0.6 is 0 Å². The molecule has 0 atom stereocenters. The van der Waals surface area contributed by atoms with Gasteiger partial charge in [0, 0.05) is 24.5 Å². The molecule has 2 rings (SSSR count). The van der Waals surface area contributed by atoms with E-state index in [1.165, 1.54) is 0 Å². The number of alkyl carbamates (subject to hydrolysis) is 1. The Morgan fingerprint density at radius 1 is 1.53 bits per heavy atom. The van der Waals surface area contributed by atoms with E-state index in [1.807, 2.05) is 19.2 Å². The van der Waals surface area contributed by atoms with Crippen molar-refractivity contribution in [3.8, 4) is 0 Å². The summed E-state index contributed by atoms with van der Waals surface area (Å²) in [5, 5.41) is 6.87. The smallest absolute Gasteiger partial charge is 0.407 e. The fourth-order valence-corrected chi connectivity index (χ4v) is 1.88. The highest BCUT2D eigenvalue weighted by molar-refractivity contribution is 5.66. The molecule has 1 N–H and O–H groups in total. The average Bonchev–Trinajstić information content (AvgIpc) is 2.82. The highest BCUT2D eigenvalue weighted by Crippen LogP contribution is 2.09. The third kappa shape index (κ3) is 3.43. The summed E-state index contributed by atoms with van der Waals surface area (Å²) < 4.78 is 6.55. The highest BCUT2D eigenvalue weighted by atomic mass is 16.5. The van der Waals surface area contributed by atoms with Crippen molar-refractivity contribution in [1.29, 1.82) is 0 Å². The van der Waals surface area contributed by atoms with Crippen LogP contribution in [0.3, 0.4) is 0 Å². The first-order valence-corrected chi connectivity index (χ1v) is 6.41. The number of hydrogen-bond acceptors (Lipinski definition) is 4. The molecule has 0 aliphatic carbocycles. The standard InChI is InChI=1S/C13H18N4O2/c1-3-19-13(18)14-7-4-5-11-9-17-12(6-8-15-17)16-10(11)2/h6,8-9H,3-5,7H2,1-2H3,(H,14,18). The lowest BCUT2D eigenvalue weighted by atomic mass is 10.1. The van der Waals surface area contributed by atoms with Crippen molar-refractivity contribution in [2.24, 2.45) is 0 Å². The molecule has 19 heavy (non-hydrogen) atoms. The fourth-order valence-electron chi connectivity index (χ4n) is 1.88. The van der Waals surface area contributed by atoms with Crippen LogP contribution in [0.5, 0.6) is 0 Å². The summed E-state index contributed by atoms with van der Waals surface area (Å²) in [6.07, 6.45) is 5.05. The van der Waals surface area contributed by atoms with Gasteiger partial charge in [0.1, 0.15) is 0 Å². The van der Waals surface area contributed by atoms with E-state index in [-0.39, 0.29) is 6.09 Å². The number of carbonyl (C=O) groups is 1. The Balaban J connectivity index is 1.87. The van der Waals surface area contributed by atoms with Crippen molar-refractivity contribution in [3.63, 3.8) is 0 Å². The molecular weight excluding hydrogens is 244 g/mol. The maximum absolute atomic E-state index is 11.1. The lowest BCUT2D eigenvalue weighted by Crippen LogP contribution is -2.25. The molecule has 0 aliphatic heterocycles. The van der Waals surface area contributed by atoms with Gasteiger partial charge in [-0.2, -0.15) is 5.10 Å². The zero-order chi connectivity index (χ0) is 13.7. The minimum atomic E-state index is -0.361. The SMILES string of the molecule is CCOC(=O)NCCCc1cn2nccc2nc1C. The van der Waals surface area contributed by atoms with Crippen molar-refractivity contribution in [3.05, 3.63) is 29.7 Å². The van der Waals surface area contributed by atoms with Crippen molar-refractivity contribution >= 4 is 11.7 Å². The van der Waals surface area contributed by atoms with Gasteiger partial charge in [-0.3, -0.25) is 0 Å². The Bertz CT molecular complexity index is 565. The van der Waals surface area contributed by atoms with E-state index in [4.69, 9.17) is 4.74 Å².